The van der Waals surface area contributed by atoms with Gasteiger partial charge in [-0.15, -0.1) is 0 Å². The molecule has 0 unspecified atom stereocenters. The number of amides is 2. The molecular formula is C24H29N3O2. The Bertz CT molecular complexity index is 846. The second kappa shape index (κ2) is 8.76. The molecule has 2 fully saturated rings. The zero-order valence-electron chi connectivity index (χ0n) is 17.0. The standard InChI is InChI=1S/C24H29N3O2/c1-2-17-5-7-19(8-6-17)22-12-11-21(16-27(22)24(29)20-9-10-20)23(28)26-15-18-4-3-13-25-14-18/h3-8,13-14,20-22H,2,9-12,15-16H2,1H3,(H,26,28)/t21-,22+/m1/s1. The van der Waals surface area contributed by atoms with Crippen LogP contribution in [0.1, 0.15) is 55.3 Å². The summed E-state index contributed by atoms with van der Waals surface area (Å²) in [6.07, 6.45) is 8.09. The van der Waals surface area contributed by atoms with E-state index in [0.29, 0.717) is 13.1 Å². The summed E-state index contributed by atoms with van der Waals surface area (Å²) in [5, 5.41) is 3.03. The van der Waals surface area contributed by atoms with Crippen LogP contribution in [-0.2, 0) is 22.6 Å². The number of nitrogens with one attached hydrogen (secondary N) is 1. The third-order valence-electron chi connectivity index (χ3n) is 6.12. The minimum Gasteiger partial charge on any atom is -0.352 e. The van der Waals surface area contributed by atoms with E-state index in [0.717, 1.165) is 37.7 Å². The number of hydrogen-bond donors (Lipinski definition) is 1. The van der Waals surface area contributed by atoms with Crippen molar-refractivity contribution < 1.29 is 9.59 Å². The first-order valence-corrected chi connectivity index (χ1v) is 10.7. The molecule has 0 radical (unpaired) electrons. The van der Waals surface area contributed by atoms with Gasteiger partial charge in [0.05, 0.1) is 12.0 Å². The summed E-state index contributed by atoms with van der Waals surface area (Å²) in [4.78, 5) is 31.9. The minimum atomic E-state index is -0.152. The number of carbonyl (C=O) groups is 2. The zero-order chi connectivity index (χ0) is 20.2. The molecule has 1 saturated heterocycles. The number of aromatic nitrogens is 1. The molecule has 1 aliphatic heterocycles. The second-order valence-corrected chi connectivity index (χ2v) is 8.23. The molecule has 0 bridgehead atoms. The Balaban J connectivity index is 1.44. The van der Waals surface area contributed by atoms with Crippen LogP contribution in [0.2, 0.25) is 0 Å². The number of benzene rings is 1. The summed E-state index contributed by atoms with van der Waals surface area (Å²) in [5.74, 6) is 0.256. The van der Waals surface area contributed by atoms with Gasteiger partial charge in [0, 0.05) is 31.4 Å². The van der Waals surface area contributed by atoms with Crippen molar-refractivity contribution in [2.45, 2.75) is 51.6 Å². The lowest BCUT2D eigenvalue weighted by Gasteiger charge is -2.39. The Morgan fingerprint density at radius 1 is 1.03 bits per heavy atom. The maximum atomic E-state index is 13.0. The number of hydrogen-bond acceptors (Lipinski definition) is 3. The molecule has 2 aliphatic rings. The summed E-state index contributed by atoms with van der Waals surface area (Å²) in [6.45, 7) is 3.13. The van der Waals surface area contributed by atoms with Crippen LogP contribution in [0.5, 0.6) is 0 Å². The molecule has 29 heavy (non-hydrogen) atoms. The number of likely N-dealkylation sites (tertiary alicyclic amines) is 1. The van der Waals surface area contributed by atoms with E-state index in [2.05, 4.69) is 41.5 Å². The van der Waals surface area contributed by atoms with Crippen LogP contribution < -0.4 is 5.32 Å². The zero-order valence-corrected chi connectivity index (χ0v) is 17.0. The van der Waals surface area contributed by atoms with Crippen molar-refractivity contribution in [2.24, 2.45) is 11.8 Å². The summed E-state index contributed by atoms with van der Waals surface area (Å²) in [7, 11) is 0. The summed E-state index contributed by atoms with van der Waals surface area (Å²) >= 11 is 0. The smallest absolute Gasteiger partial charge is 0.226 e. The molecule has 2 aromatic rings. The highest BCUT2D eigenvalue weighted by molar-refractivity contribution is 5.84. The highest BCUT2D eigenvalue weighted by Crippen LogP contribution is 2.39. The topological polar surface area (TPSA) is 62.3 Å². The highest BCUT2D eigenvalue weighted by atomic mass is 16.2. The molecule has 2 atom stereocenters. The van der Waals surface area contributed by atoms with Gasteiger partial charge >= 0.3 is 0 Å². The van der Waals surface area contributed by atoms with E-state index in [1.807, 2.05) is 17.0 Å². The molecule has 4 rings (SSSR count). The second-order valence-electron chi connectivity index (χ2n) is 8.23. The van der Waals surface area contributed by atoms with Gasteiger partial charge in [0.25, 0.3) is 0 Å². The number of rotatable bonds is 6. The van der Waals surface area contributed by atoms with E-state index in [9.17, 15) is 9.59 Å². The van der Waals surface area contributed by atoms with E-state index in [4.69, 9.17) is 0 Å². The molecule has 152 valence electrons. The first-order chi connectivity index (χ1) is 14.2. The van der Waals surface area contributed by atoms with Gasteiger partial charge in [0.1, 0.15) is 0 Å². The van der Waals surface area contributed by atoms with E-state index in [1.165, 1.54) is 11.1 Å². The largest absolute Gasteiger partial charge is 0.352 e. The SMILES string of the molecule is CCc1ccc([C@@H]2CC[C@@H](C(=O)NCc3cccnc3)CN2C(=O)C2CC2)cc1. The highest BCUT2D eigenvalue weighted by Gasteiger charge is 2.41. The van der Waals surface area contributed by atoms with Gasteiger partial charge < -0.3 is 10.2 Å². The Morgan fingerprint density at radius 3 is 2.45 bits per heavy atom. The van der Waals surface area contributed by atoms with Crippen LogP contribution >= 0.6 is 0 Å². The van der Waals surface area contributed by atoms with Crippen molar-refractivity contribution in [1.82, 2.24) is 15.2 Å². The average Bonchev–Trinajstić information content (AvgIpc) is 3.63. The van der Waals surface area contributed by atoms with Crippen LogP contribution in [0, 0.1) is 11.8 Å². The van der Waals surface area contributed by atoms with Crippen LogP contribution in [0.4, 0.5) is 0 Å². The van der Waals surface area contributed by atoms with Crippen molar-refractivity contribution in [3.05, 3.63) is 65.5 Å². The van der Waals surface area contributed by atoms with Gasteiger partial charge in [-0.2, -0.15) is 0 Å². The van der Waals surface area contributed by atoms with Crippen molar-refractivity contribution >= 4 is 11.8 Å². The lowest BCUT2D eigenvalue weighted by molar-refractivity contribution is -0.140. The third-order valence-corrected chi connectivity index (χ3v) is 6.12. The molecule has 1 aromatic carbocycles. The van der Waals surface area contributed by atoms with Gasteiger partial charge in [-0.25, -0.2) is 0 Å². The van der Waals surface area contributed by atoms with Gasteiger partial charge in [-0.1, -0.05) is 37.3 Å². The van der Waals surface area contributed by atoms with Crippen LogP contribution in [0.15, 0.2) is 48.8 Å². The number of carbonyl (C=O) groups excluding carboxylic acids is 2. The van der Waals surface area contributed by atoms with Crippen molar-refractivity contribution in [2.75, 3.05) is 6.54 Å². The predicted octanol–water partition coefficient (Wildman–Crippen LogP) is 3.65. The first kappa shape index (κ1) is 19.6. The molecule has 2 amide bonds. The molecule has 2 heterocycles. The average molecular weight is 392 g/mol. The predicted molar refractivity (Wildman–Crippen MR) is 112 cm³/mol. The number of nitrogens with zero attached hydrogens (tertiary/aromatic N) is 2. The quantitative estimate of drug-likeness (QED) is 0.818. The summed E-state index contributed by atoms with van der Waals surface area (Å²) in [6, 6.07) is 12.5. The van der Waals surface area contributed by atoms with Crippen molar-refractivity contribution in [1.29, 1.82) is 0 Å². The van der Waals surface area contributed by atoms with E-state index in [-0.39, 0.29) is 29.7 Å². The number of aryl methyl sites for hydroxylation is 1. The molecule has 1 aromatic heterocycles. The van der Waals surface area contributed by atoms with Crippen molar-refractivity contribution in [3.8, 4) is 0 Å². The van der Waals surface area contributed by atoms with Gasteiger partial charge in [0.15, 0.2) is 0 Å². The van der Waals surface area contributed by atoms with Crippen LogP contribution in [0.25, 0.3) is 0 Å². The molecular weight excluding hydrogens is 362 g/mol. The molecule has 5 nitrogen and oxygen atoms in total. The maximum Gasteiger partial charge on any atom is 0.226 e. The molecule has 5 heteroatoms. The summed E-state index contributed by atoms with van der Waals surface area (Å²) in [5.41, 5.74) is 3.47. The normalized spacial score (nSPS) is 21.6. The van der Waals surface area contributed by atoms with Gasteiger partial charge in [0.2, 0.25) is 11.8 Å². The fourth-order valence-corrected chi connectivity index (χ4v) is 4.15. The fraction of sp³-hybridized carbons (Fsp3) is 0.458. The lowest BCUT2D eigenvalue weighted by atomic mass is 9.87. The molecule has 0 spiro atoms. The first-order valence-electron chi connectivity index (χ1n) is 10.7. The number of pyridine rings is 1. The molecule has 1 aliphatic carbocycles. The van der Waals surface area contributed by atoms with E-state index < -0.39 is 0 Å². The Morgan fingerprint density at radius 2 is 1.79 bits per heavy atom. The lowest BCUT2D eigenvalue weighted by Crippen LogP contribution is -2.47. The fourth-order valence-electron chi connectivity index (χ4n) is 4.15. The Kier molecular flexibility index (Phi) is 5.93. The van der Waals surface area contributed by atoms with Gasteiger partial charge in [-0.05, 0) is 54.9 Å². The van der Waals surface area contributed by atoms with Crippen molar-refractivity contribution in [3.63, 3.8) is 0 Å². The third kappa shape index (κ3) is 4.66. The monoisotopic (exact) mass is 391 g/mol. The maximum absolute atomic E-state index is 13.0. The van der Waals surface area contributed by atoms with Crippen LogP contribution in [-0.4, -0.2) is 28.2 Å². The van der Waals surface area contributed by atoms with E-state index >= 15 is 0 Å². The van der Waals surface area contributed by atoms with Crippen LogP contribution in [0.3, 0.4) is 0 Å². The Labute approximate surface area is 172 Å². The van der Waals surface area contributed by atoms with Gasteiger partial charge in [-0.3, -0.25) is 14.6 Å². The molecule has 1 N–H and O–H groups in total. The summed E-state index contributed by atoms with van der Waals surface area (Å²) < 4.78 is 0. The van der Waals surface area contributed by atoms with E-state index in [1.54, 1.807) is 12.4 Å². The minimum absolute atomic E-state index is 0.0298. The molecule has 1 saturated carbocycles. The Hall–Kier alpha value is -2.69. The number of piperidine rings is 1.